The van der Waals surface area contributed by atoms with Crippen molar-refractivity contribution in [2.24, 2.45) is 0 Å². The topological polar surface area (TPSA) is 34.4 Å². The molecule has 0 amide bonds. The number of halogens is 1. The second kappa shape index (κ2) is 5.89. The van der Waals surface area contributed by atoms with Crippen LogP contribution in [0.1, 0.15) is 37.3 Å². The molecule has 102 valence electrons. The van der Waals surface area contributed by atoms with Crippen LogP contribution in [-0.4, -0.2) is 7.11 Å². The maximum atomic E-state index is 13.4. The molecule has 1 aromatic heterocycles. The van der Waals surface area contributed by atoms with Gasteiger partial charge in [0, 0.05) is 6.04 Å². The lowest BCUT2D eigenvalue weighted by atomic mass is 10.1. The van der Waals surface area contributed by atoms with Gasteiger partial charge in [0.05, 0.1) is 19.4 Å². The Hall–Kier alpha value is -1.81. The number of nitrogens with one attached hydrogen (secondary N) is 1. The van der Waals surface area contributed by atoms with Crippen LogP contribution in [0.25, 0.3) is 0 Å². The van der Waals surface area contributed by atoms with Gasteiger partial charge in [-0.2, -0.15) is 0 Å². The lowest BCUT2D eigenvalue weighted by molar-refractivity contribution is 0.381. The summed E-state index contributed by atoms with van der Waals surface area (Å²) in [6.45, 7) is 4.04. The van der Waals surface area contributed by atoms with E-state index in [0.29, 0.717) is 0 Å². The molecule has 19 heavy (non-hydrogen) atoms. The Balaban J connectivity index is 2.09. The Kier molecular flexibility index (Phi) is 4.22. The molecule has 2 rings (SSSR count). The second-order valence-corrected chi connectivity index (χ2v) is 4.52. The number of methoxy groups -OCH3 is 1. The monoisotopic (exact) mass is 263 g/mol. The van der Waals surface area contributed by atoms with E-state index >= 15 is 0 Å². The van der Waals surface area contributed by atoms with Gasteiger partial charge >= 0.3 is 0 Å². The maximum Gasteiger partial charge on any atom is 0.165 e. The molecule has 2 atom stereocenters. The van der Waals surface area contributed by atoms with E-state index in [1.807, 2.05) is 26.0 Å². The first kappa shape index (κ1) is 13.6. The molecule has 1 heterocycles. The van der Waals surface area contributed by atoms with E-state index in [-0.39, 0.29) is 23.7 Å². The van der Waals surface area contributed by atoms with E-state index in [1.165, 1.54) is 13.2 Å². The van der Waals surface area contributed by atoms with Crippen LogP contribution >= 0.6 is 0 Å². The molecule has 0 spiro atoms. The minimum absolute atomic E-state index is 0.0644. The fraction of sp³-hybridized carbons (Fsp3) is 0.333. The zero-order valence-electron chi connectivity index (χ0n) is 11.3. The highest BCUT2D eigenvalue weighted by atomic mass is 19.1. The molecule has 1 unspecified atom stereocenters. The Morgan fingerprint density at radius 1 is 1.21 bits per heavy atom. The molecule has 0 bridgehead atoms. The van der Waals surface area contributed by atoms with E-state index < -0.39 is 0 Å². The third kappa shape index (κ3) is 3.15. The highest BCUT2D eigenvalue weighted by Gasteiger charge is 2.14. The first-order chi connectivity index (χ1) is 9.11. The van der Waals surface area contributed by atoms with E-state index in [2.05, 4.69) is 5.32 Å². The summed E-state index contributed by atoms with van der Waals surface area (Å²) < 4.78 is 23.7. The van der Waals surface area contributed by atoms with Crippen LogP contribution in [0.4, 0.5) is 4.39 Å². The molecule has 0 radical (unpaired) electrons. The van der Waals surface area contributed by atoms with Crippen molar-refractivity contribution >= 4 is 0 Å². The Morgan fingerprint density at radius 2 is 2.00 bits per heavy atom. The normalized spacial score (nSPS) is 14.1. The van der Waals surface area contributed by atoms with Gasteiger partial charge in [-0.25, -0.2) is 4.39 Å². The molecule has 3 nitrogen and oxygen atoms in total. The molecule has 0 saturated heterocycles. The average Bonchev–Trinajstić information content (AvgIpc) is 2.93. The van der Waals surface area contributed by atoms with Crippen molar-refractivity contribution in [3.05, 3.63) is 53.7 Å². The minimum Gasteiger partial charge on any atom is -0.494 e. The lowest BCUT2D eigenvalue weighted by Gasteiger charge is -2.19. The van der Waals surface area contributed by atoms with Crippen LogP contribution in [-0.2, 0) is 0 Å². The van der Waals surface area contributed by atoms with Crippen molar-refractivity contribution in [1.82, 2.24) is 5.32 Å². The summed E-state index contributed by atoms with van der Waals surface area (Å²) in [6.07, 6.45) is 1.65. The Labute approximate surface area is 112 Å². The van der Waals surface area contributed by atoms with Crippen LogP contribution in [0.15, 0.2) is 41.0 Å². The molecule has 1 aromatic carbocycles. The van der Waals surface area contributed by atoms with Gasteiger partial charge in [-0.1, -0.05) is 6.07 Å². The summed E-state index contributed by atoms with van der Waals surface area (Å²) in [5, 5.41) is 3.40. The molecule has 0 aliphatic carbocycles. The van der Waals surface area contributed by atoms with Crippen LogP contribution in [0.5, 0.6) is 5.75 Å². The van der Waals surface area contributed by atoms with E-state index in [9.17, 15) is 4.39 Å². The number of hydrogen-bond acceptors (Lipinski definition) is 3. The van der Waals surface area contributed by atoms with Crippen LogP contribution in [0.2, 0.25) is 0 Å². The van der Waals surface area contributed by atoms with Crippen molar-refractivity contribution in [2.45, 2.75) is 25.9 Å². The molecule has 2 aromatic rings. The second-order valence-electron chi connectivity index (χ2n) is 4.52. The molecule has 0 aliphatic heterocycles. The maximum absolute atomic E-state index is 13.4. The fourth-order valence-corrected chi connectivity index (χ4v) is 2.04. The highest BCUT2D eigenvalue weighted by molar-refractivity contribution is 5.32. The third-order valence-electron chi connectivity index (χ3n) is 3.15. The zero-order valence-corrected chi connectivity index (χ0v) is 11.3. The van der Waals surface area contributed by atoms with Gasteiger partial charge in [0.15, 0.2) is 11.6 Å². The quantitative estimate of drug-likeness (QED) is 0.890. The summed E-state index contributed by atoms with van der Waals surface area (Å²) in [5.74, 6) is 0.787. The summed E-state index contributed by atoms with van der Waals surface area (Å²) in [5.41, 5.74) is 0.969. The summed E-state index contributed by atoms with van der Waals surface area (Å²) >= 11 is 0. The number of benzene rings is 1. The molecule has 0 aliphatic rings. The zero-order chi connectivity index (χ0) is 13.8. The summed E-state index contributed by atoms with van der Waals surface area (Å²) in [7, 11) is 1.46. The van der Waals surface area contributed by atoms with Gasteiger partial charge < -0.3 is 14.5 Å². The molecular formula is C15H18FNO2. The number of rotatable bonds is 5. The first-order valence-corrected chi connectivity index (χ1v) is 6.24. The average molecular weight is 263 g/mol. The lowest BCUT2D eigenvalue weighted by Crippen LogP contribution is -2.22. The van der Waals surface area contributed by atoms with Crippen molar-refractivity contribution in [1.29, 1.82) is 0 Å². The Morgan fingerprint density at radius 3 is 2.63 bits per heavy atom. The predicted octanol–water partition coefficient (Wildman–Crippen LogP) is 3.84. The molecule has 0 fully saturated rings. The molecule has 1 N–H and O–H groups in total. The highest BCUT2D eigenvalue weighted by Crippen LogP contribution is 2.24. The molecular weight excluding hydrogens is 245 g/mol. The van der Waals surface area contributed by atoms with Gasteiger partial charge in [0.1, 0.15) is 5.76 Å². The number of ether oxygens (including phenoxy) is 1. The van der Waals surface area contributed by atoms with Crippen LogP contribution in [0, 0.1) is 5.82 Å². The van der Waals surface area contributed by atoms with Gasteiger partial charge in [0.25, 0.3) is 0 Å². The number of furan rings is 1. The predicted molar refractivity (Wildman–Crippen MR) is 71.6 cm³/mol. The van der Waals surface area contributed by atoms with E-state index in [4.69, 9.17) is 9.15 Å². The SMILES string of the molecule is COc1cc(C(C)N[C@@H](C)c2ccco2)ccc1F. The van der Waals surface area contributed by atoms with Gasteiger partial charge in [-0.15, -0.1) is 0 Å². The fourth-order valence-electron chi connectivity index (χ4n) is 2.04. The minimum atomic E-state index is -0.350. The first-order valence-electron chi connectivity index (χ1n) is 6.24. The van der Waals surface area contributed by atoms with Gasteiger partial charge in [-0.05, 0) is 43.7 Å². The van der Waals surface area contributed by atoms with Crippen molar-refractivity contribution in [3.8, 4) is 5.75 Å². The van der Waals surface area contributed by atoms with E-state index in [1.54, 1.807) is 18.4 Å². The van der Waals surface area contributed by atoms with Crippen LogP contribution in [0.3, 0.4) is 0 Å². The molecule has 0 saturated carbocycles. The molecule has 4 heteroatoms. The number of hydrogen-bond donors (Lipinski definition) is 1. The van der Waals surface area contributed by atoms with Gasteiger partial charge in [-0.3, -0.25) is 0 Å². The Bertz CT molecular complexity index is 525. The smallest absolute Gasteiger partial charge is 0.165 e. The summed E-state index contributed by atoms with van der Waals surface area (Å²) in [4.78, 5) is 0. The standard InChI is InChI=1S/C15H18FNO2/c1-10(17-11(2)14-5-4-8-19-14)12-6-7-13(16)15(9-12)18-3/h4-11,17H,1-3H3/t10?,11-/m0/s1. The van der Waals surface area contributed by atoms with Gasteiger partial charge in [0.2, 0.25) is 0 Å². The van der Waals surface area contributed by atoms with Crippen molar-refractivity contribution in [2.75, 3.05) is 7.11 Å². The van der Waals surface area contributed by atoms with Crippen LogP contribution < -0.4 is 10.1 Å². The summed E-state index contributed by atoms with van der Waals surface area (Å²) in [6, 6.07) is 8.82. The third-order valence-corrected chi connectivity index (χ3v) is 3.15. The van der Waals surface area contributed by atoms with Crippen molar-refractivity contribution in [3.63, 3.8) is 0 Å². The van der Waals surface area contributed by atoms with Crippen molar-refractivity contribution < 1.29 is 13.5 Å². The van der Waals surface area contributed by atoms with E-state index in [0.717, 1.165) is 11.3 Å². The largest absolute Gasteiger partial charge is 0.494 e.